The van der Waals surface area contributed by atoms with E-state index in [4.69, 9.17) is 4.74 Å². The van der Waals surface area contributed by atoms with E-state index in [-0.39, 0.29) is 5.82 Å². The van der Waals surface area contributed by atoms with E-state index in [9.17, 15) is 5.26 Å². The number of aromatic nitrogens is 4. The van der Waals surface area contributed by atoms with Gasteiger partial charge in [0.1, 0.15) is 17.4 Å². The molecule has 2 N–H and O–H groups in total. The number of methoxy groups -OCH3 is 1. The molecule has 2 heterocycles. The Labute approximate surface area is 140 Å². The van der Waals surface area contributed by atoms with Crippen molar-refractivity contribution in [1.29, 1.82) is 5.26 Å². The SMILES string of the molecule is COc1cc(NC=C(C#N)c2nn[nH]n2)ccc1N1CCCCC1. The number of nitrogens with zero attached hydrogens (tertiary/aromatic N) is 5. The molecule has 0 amide bonds. The maximum absolute atomic E-state index is 9.18. The van der Waals surface area contributed by atoms with Gasteiger partial charge >= 0.3 is 0 Å². The van der Waals surface area contributed by atoms with Crippen molar-refractivity contribution < 1.29 is 4.74 Å². The summed E-state index contributed by atoms with van der Waals surface area (Å²) < 4.78 is 5.54. The van der Waals surface area contributed by atoms with Gasteiger partial charge in [0.2, 0.25) is 5.82 Å². The molecule has 2 aromatic rings. The molecular weight excluding hydrogens is 306 g/mol. The number of anilines is 2. The molecule has 0 radical (unpaired) electrons. The Morgan fingerprint density at radius 2 is 2.21 bits per heavy atom. The van der Waals surface area contributed by atoms with Crippen LogP contribution in [0.15, 0.2) is 24.4 Å². The van der Waals surface area contributed by atoms with Crippen molar-refractivity contribution in [1.82, 2.24) is 20.6 Å². The lowest BCUT2D eigenvalue weighted by atomic mass is 10.1. The van der Waals surface area contributed by atoms with Crippen LogP contribution in [0.1, 0.15) is 25.1 Å². The number of hydrogen-bond acceptors (Lipinski definition) is 7. The first-order chi connectivity index (χ1) is 11.8. The van der Waals surface area contributed by atoms with Crippen LogP contribution in [-0.4, -0.2) is 40.8 Å². The number of H-pyrrole nitrogens is 1. The Kier molecular flexibility index (Phi) is 4.91. The fraction of sp³-hybridized carbons (Fsp3) is 0.375. The predicted molar refractivity (Wildman–Crippen MR) is 90.4 cm³/mol. The monoisotopic (exact) mass is 325 g/mol. The van der Waals surface area contributed by atoms with Crippen molar-refractivity contribution in [3.8, 4) is 11.8 Å². The van der Waals surface area contributed by atoms with Gasteiger partial charge in [-0.25, -0.2) is 0 Å². The first-order valence-electron chi connectivity index (χ1n) is 7.85. The highest BCUT2D eigenvalue weighted by molar-refractivity contribution is 5.75. The second-order valence-electron chi connectivity index (χ2n) is 5.48. The van der Waals surface area contributed by atoms with Crippen LogP contribution >= 0.6 is 0 Å². The molecule has 1 aliphatic rings. The van der Waals surface area contributed by atoms with E-state index in [0.717, 1.165) is 30.2 Å². The molecule has 24 heavy (non-hydrogen) atoms. The molecule has 8 heteroatoms. The Morgan fingerprint density at radius 1 is 1.38 bits per heavy atom. The number of allylic oxidation sites excluding steroid dienone is 1. The van der Waals surface area contributed by atoms with Crippen LogP contribution in [0.3, 0.4) is 0 Å². The predicted octanol–water partition coefficient (Wildman–Crippen LogP) is 2.18. The van der Waals surface area contributed by atoms with E-state index < -0.39 is 0 Å². The summed E-state index contributed by atoms with van der Waals surface area (Å²) in [5, 5.41) is 25.6. The average molecular weight is 325 g/mol. The highest BCUT2D eigenvalue weighted by Gasteiger charge is 2.15. The van der Waals surface area contributed by atoms with Crippen LogP contribution in [0.4, 0.5) is 11.4 Å². The zero-order valence-electron chi connectivity index (χ0n) is 13.5. The van der Waals surface area contributed by atoms with E-state index in [2.05, 4.69) is 30.8 Å². The minimum atomic E-state index is 0.252. The fourth-order valence-corrected chi connectivity index (χ4v) is 2.74. The van der Waals surface area contributed by atoms with Gasteiger partial charge in [0, 0.05) is 31.0 Å². The molecule has 8 nitrogen and oxygen atoms in total. The van der Waals surface area contributed by atoms with E-state index in [0.29, 0.717) is 5.57 Å². The number of piperidine rings is 1. The van der Waals surface area contributed by atoms with Crippen LogP contribution < -0.4 is 15.0 Å². The standard InChI is InChI=1S/C16H19N7O/c1-24-15-9-13(5-6-14(15)23-7-3-2-4-8-23)18-11-12(10-17)16-19-21-22-20-16/h5-6,9,11,18H,2-4,7-8H2,1H3,(H,19,20,21,22). The Hall–Kier alpha value is -3.08. The quantitative estimate of drug-likeness (QED) is 0.812. The molecule has 0 unspecified atom stereocenters. The number of ether oxygens (including phenoxy) is 1. The minimum absolute atomic E-state index is 0.252. The molecule has 3 rings (SSSR count). The fourth-order valence-electron chi connectivity index (χ4n) is 2.74. The van der Waals surface area contributed by atoms with Gasteiger partial charge in [-0.1, -0.05) is 0 Å². The Morgan fingerprint density at radius 3 is 2.88 bits per heavy atom. The third kappa shape index (κ3) is 3.46. The third-order valence-electron chi connectivity index (χ3n) is 3.97. The molecule has 0 bridgehead atoms. The van der Waals surface area contributed by atoms with Crippen molar-refractivity contribution in [2.45, 2.75) is 19.3 Å². The van der Waals surface area contributed by atoms with Gasteiger partial charge in [-0.3, -0.25) is 0 Å². The van der Waals surface area contributed by atoms with Gasteiger partial charge in [-0.15, -0.1) is 10.2 Å². The molecule has 0 aliphatic carbocycles. The first-order valence-corrected chi connectivity index (χ1v) is 7.85. The highest BCUT2D eigenvalue weighted by atomic mass is 16.5. The van der Waals surface area contributed by atoms with Gasteiger partial charge < -0.3 is 15.0 Å². The molecule has 1 fully saturated rings. The third-order valence-corrected chi connectivity index (χ3v) is 3.97. The minimum Gasteiger partial charge on any atom is -0.495 e. The van der Waals surface area contributed by atoms with Gasteiger partial charge in [-0.05, 0) is 36.6 Å². The van der Waals surface area contributed by atoms with Crippen LogP contribution in [0, 0.1) is 11.3 Å². The molecule has 1 aromatic carbocycles. The van der Waals surface area contributed by atoms with Crippen LogP contribution in [-0.2, 0) is 0 Å². The summed E-state index contributed by atoms with van der Waals surface area (Å²) in [4.78, 5) is 2.35. The average Bonchev–Trinajstić information content (AvgIpc) is 3.17. The molecule has 0 spiro atoms. The van der Waals surface area contributed by atoms with Crippen molar-refractivity contribution >= 4 is 16.9 Å². The molecule has 1 aliphatic heterocycles. The molecule has 1 saturated heterocycles. The smallest absolute Gasteiger partial charge is 0.216 e. The lowest BCUT2D eigenvalue weighted by Gasteiger charge is -2.30. The second kappa shape index (κ2) is 7.46. The van der Waals surface area contributed by atoms with Gasteiger partial charge in [0.25, 0.3) is 0 Å². The second-order valence-corrected chi connectivity index (χ2v) is 5.48. The van der Waals surface area contributed by atoms with E-state index in [1.807, 2.05) is 24.3 Å². The van der Waals surface area contributed by atoms with Crippen molar-refractivity contribution in [2.75, 3.05) is 30.4 Å². The van der Waals surface area contributed by atoms with Crippen LogP contribution in [0.25, 0.3) is 5.57 Å². The number of tetrazole rings is 1. The topological polar surface area (TPSA) is 103 Å². The summed E-state index contributed by atoms with van der Waals surface area (Å²) in [6.07, 6.45) is 5.26. The molecular formula is C16H19N7O. The largest absolute Gasteiger partial charge is 0.495 e. The van der Waals surface area contributed by atoms with E-state index in [1.54, 1.807) is 13.3 Å². The first kappa shape index (κ1) is 15.8. The number of rotatable bonds is 5. The number of hydrogen-bond donors (Lipinski definition) is 2. The van der Waals surface area contributed by atoms with E-state index in [1.165, 1.54) is 19.3 Å². The zero-order chi connectivity index (χ0) is 16.8. The highest BCUT2D eigenvalue weighted by Crippen LogP contribution is 2.33. The molecule has 0 saturated carbocycles. The Bertz CT molecular complexity index is 742. The number of nitrogens with one attached hydrogen (secondary N) is 2. The summed E-state index contributed by atoms with van der Waals surface area (Å²) in [7, 11) is 1.67. The summed E-state index contributed by atoms with van der Waals surface area (Å²) in [6.45, 7) is 2.11. The van der Waals surface area contributed by atoms with Crippen LogP contribution in [0.2, 0.25) is 0 Å². The number of aromatic amines is 1. The van der Waals surface area contributed by atoms with E-state index >= 15 is 0 Å². The molecule has 0 atom stereocenters. The van der Waals surface area contributed by atoms with Gasteiger partial charge in [-0.2, -0.15) is 10.5 Å². The van der Waals surface area contributed by atoms with Gasteiger partial charge in [0.15, 0.2) is 0 Å². The number of benzene rings is 1. The van der Waals surface area contributed by atoms with Crippen molar-refractivity contribution in [3.05, 3.63) is 30.2 Å². The molecule has 1 aromatic heterocycles. The van der Waals surface area contributed by atoms with Crippen LogP contribution in [0.5, 0.6) is 5.75 Å². The number of nitriles is 1. The maximum Gasteiger partial charge on any atom is 0.216 e. The summed E-state index contributed by atoms with van der Waals surface area (Å²) in [5.41, 5.74) is 2.22. The zero-order valence-corrected chi connectivity index (χ0v) is 13.5. The maximum atomic E-state index is 9.18. The lowest BCUT2D eigenvalue weighted by molar-refractivity contribution is 0.413. The summed E-state index contributed by atoms with van der Waals surface area (Å²) in [6, 6.07) is 7.97. The Balaban J connectivity index is 1.78. The summed E-state index contributed by atoms with van der Waals surface area (Å²) >= 11 is 0. The van der Waals surface area contributed by atoms with Gasteiger partial charge in [0.05, 0.1) is 12.8 Å². The van der Waals surface area contributed by atoms with Crippen molar-refractivity contribution in [3.63, 3.8) is 0 Å². The molecule has 124 valence electrons. The normalized spacial score (nSPS) is 15.0. The van der Waals surface area contributed by atoms with Crippen molar-refractivity contribution in [2.24, 2.45) is 0 Å². The summed E-state index contributed by atoms with van der Waals surface area (Å²) in [5.74, 6) is 1.07. The lowest BCUT2D eigenvalue weighted by Crippen LogP contribution is -2.29.